The van der Waals surface area contributed by atoms with Gasteiger partial charge in [-0.3, -0.25) is 19.3 Å². The van der Waals surface area contributed by atoms with Crippen LogP contribution in [-0.4, -0.2) is 34.3 Å². The number of likely N-dealkylation sites (tertiary alicyclic amines) is 1. The second kappa shape index (κ2) is 6.79. The van der Waals surface area contributed by atoms with Gasteiger partial charge in [0.2, 0.25) is 17.7 Å². The van der Waals surface area contributed by atoms with Gasteiger partial charge in [-0.1, -0.05) is 54.6 Å². The third kappa shape index (κ3) is 2.56. The van der Waals surface area contributed by atoms with Crippen molar-refractivity contribution in [1.29, 1.82) is 0 Å². The zero-order valence-electron chi connectivity index (χ0n) is 17.1. The van der Waals surface area contributed by atoms with E-state index in [1.807, 2.05) is 48.5 Å². The van der Waals surface area contributed by atoms with Crippen LogP contribution in [-0.2, 0) is 14.4 Å². The van der Waals surface area contributed by atoms with E-state index in [-0.39, 0.29) is 35.9 Å². The van der Waals surface area contributed by atoms with E-state index < -0.39 is 17.7 Å². The van der Waals surface area contributed by atoms with Crippen LogP contribution in [0, 0.1) is 11.8 Å². The van der Waals surface area contributed by atoms with Crippen LogP contribution < -0.4 is 5.32 Å². The molecule has 2 unspecified atom stereocenters. The molecule has 32 heavy (non-hydrogen) atoms. The number of nitrogens with one attached hydrogen (secondary N) is 1. The maximum Gasteiger partial charge on any atom is 0.244 e. The predicted molar refractivity (Wildman–Crippen MR) is 117 cm³/mol. The zero-order valence-corrected chi connectivity index (χ0v) is 17.1. The van der Waals surface area contributed by atoms with Crippen molar-refractivity contribution in [2.45, 2.75) is 11.8 Å². The number of benzene rings is 3. The fourth-order valence-corrected chi connectivity index (χ4v) is 5.82. The fraction of sp³-hybridized carbons (Fsp3) is 0.192. The van der Waals surface area contributed by atoms with Gasteiger partial charge in [-0.05, 0) is 34.4 Å². The number of amides is 3. The Balaban J connectivity index is 1.35. The lowest BCUT2D eigenvalue weighted by atomic mass is 9.55. The first-order chi connectivity index (χ1) is 15.5. The van der Waals surface area contributed by atoms with Crippen molar-refractivity contribution < 1.29 is 19.5 Å². The molecular weight excluding hydrogens is 404 g/mol. The molecule has 0 spiro atoms. The minimum atomic E-state index is -0.495. The van der Waals surface area contributed by atoms with Gasteiger partial charge in [-0.15, -0.1) is 0 Å². The number of hydrogen-bond donors (Lipinski definition) is 2. The van der Waals surface area contributed by atoms with Gasteiger partial charge in [-0.2, -0.15) is 0 Å². The maximum absolute atomic E-state index is 13.5. The predicted octanol–water partition coefficient (Wildman–Crippen LogP) is 3.22. The second-order valence-corrected chi connectivity index (χ2v) is 8.63. The van der Waals surface area contributed by atoms with E-state index in [1.54, 1.807) is 12.1 Å². The molecule has 2 N–H and O–H groups in total. The van der Waals surface area contributed by atoms with Crippen LogP contribution in [0.25, 0.3) is 0 Å². The van der Waals surface area contributed by atoms with Gasteiger partial charge in [0, 0.05) is 23.6 Å². The summed E-state index contributed by atoms with van der Waals surface area (Å²) in [6.07, 6.45) is 0. The number of hydrogen-bond acceptors (Lipinski definition) is 4. The molecule has 1 fully saturated rings. The number of imide groups is 1. The van der Waals surface area contributed by atoms with E-state index in [1.165, 1.54) is 12.1 Å². The molecule has 3 aliphatic carbocycles. The molecule has 3 amide bonds. The highest BCUT2D eigenvalue weighted by Gasteiger charge is 2.61. The maximum atomic E-state index is 13.5. The highest BCUT2D eigenvalue weighted by atomic mass is 16.3. The lowest BCUT2D eigenvalue weighted by Crippen LogP contribution is -2.41. The summed E-state index contributed by atoms with van der Waals surface area (Å²) >= 11 is 0. The van der Waals surface area contributed by atoms with Crippen molar-refractivity contribution in [3.63, 3.8) is 0 Å². The average Bonchev–Trinajstić information content (AvgIpc) is 3.04. The van der Waals surface area contributed by atoms with Gasteiger partial charge in [0.05, 0.1) is 11.8 Å². The highest BCUT2D eigenvalue weighted by molar-refractivity contribution is 6.10. The molecule has 1 heterocycles. The SMILES string of the molecule is O=C(CN1C(=O)C2C3c4ccccc4C(c4ccccc43)C2C1=O)Nc1cccc(O)c1. The van der Waals surface area contributed by atoms with Gasteiger partial charge in [0.15, 0.2) is 0 Å². The van der Waals surface area contributed by atoms with Crippen molar-refractivity contribution in [3.8, 4) is 5.75 Å². The fourth-order valence-electron chi connectivity index (χ4n) is 5.82. The smallest absolute Gasteiger partial charge is 0.244 e. The minimum Gasteiger partial charge on any atom is -0.508 e. The third-order valence-corrected chi connectivity index (χ3v) is 6.97. The number of carbonyl (C=O) groups is 3. The number of phenols is 1. The normalized spacial score (nSPS) is 24.7. The number of rotatable bonds is 3. The summed E-state index contributed by atoms with van der Waals surface area (Å²) in [5.41, 5.74) is 4.81. The van der Waals surface area contributed by atoms with E-state index in [4.69, 9.17) is 0 Å². The molecule has 0 radical (unpaired) electrons. The summed E-state index contributed by atoms with van der Waals surface area (Å²) in [6, 6.07) is 22.2. The number of nitrogens with zero attached hydrogens (tertiary/aromatic N) is 1. The number of aromatic hydroxyl groups is 1. The quantitative estimate of drug-likeness (QED) is 0.632. The van der Waals surface area contributed by atoms with Gasteiger partial charge < -0.3 is 10.4 Å². The van der Waals surface area contributed by atoms with E-state index in [0.717, 1.165) is 27.2 Å². The van der Waals surface area contributed by atoms with Crippen LogP contribution in [0.1, 0.15) is 34.1 Å². The Kier molecular flexibility index (Phi) is 3.99. The average molecular weight is 424 g/mol. The Bertz CT molecular complexity index is 1180. The summed E-state index contributed by atoms with van der Waals surface area (Å²) in [6.45, 7) is -0.341. The monoisotopic (exact) mass is 424 g/mol. The zero-order chi connectivity index (χ0) is 22.0. The van der Waals surface area contributed by atoms with Crippen molar-refractivity contribution in [3.05, 3.63) is 95.1 Å². The molecule has 7 rings (SSSR count). The highest BCUT2D eigenvalue weighted by Crippen LogP contribution is 2.60. The standard InChI is InChI=1S/C26H20N2O4/c29-15-7-5-6-14(12-15)27-20(30)13-28-25(31)23-21-16-8-1-2-9-17(16)22(24(23)26(28)32)19-11-4-3-10-18(19)21/h1-12,21-24,29H,13H2,(H,27,30). The molecule has 3 aromatic carbocycles. The van der Waals surface area contributed by atoms with Gasteiger partial charge in [0.25, 0.3) is 0 Å². The van der Waals surface area contributed by atoms with Gasteiger partial charge >= 0.3 is 0 Å². The summed E-state index contributed by atoms with van der Waals surface area (Å²) in [4.78, 5) is 40.7. The van der Waals surface area contributed by atoms with Crippen molar-refractivity contribution in [2.75, 3.05) is 11.9 Å². The molecule has 1 saturated heterocycles. The van der Waals surface area contributed by atoms with Crippen molar-refractivity contribution >= 4 is 23.4 Å². The Labute approximate surface area is 184 Å². The molecule has 1 aliphatic heterocycles. The van der Waals surface area contributed by atoms with Crippen LogP contribution in [0.4, 0.5) is 5.69 Å². The molecule has 2 bridgehead atoms. The molecule has 0 aromatic heterocycles. The Morgan fingerprint density at radius 2 is 1.28 bits per heavy atom. The summed E-state index contributed by atoms with van der Waals surface area (Å²) < 4.78 is 0. The van der Waals surface area contributed by atoms with E-state index in [9.17, 15) is 19.5 Å². The molecule has 2 atom stereocenters. The van der Waals surface area contributed by atoms with E-state index in [2.05, 4.69) is 5.32 Å². The van der Waals surface area contributed by atoms with E-state index in [0.29, 0.717) is 5.69 Å². The van der Waals surface area contributed by atoms with E-state index >= 15 is 0 Å². The van der Waals surface area contributed by atoms with Crippen molar-refractivity contribution in [2.24, 2.45) is 11.8 Å². The first kappa shape index (κ1) is 18.8. The Morgan fingerprint density at radius 3 is 1.75 bits per heavy atom. The third-order valence-electron chi connectivity index (χ3n) is 6.97. The number of phenolic OH excluding ortho intramolecular Hbond substituents is 1. The lowest BCUT2D eigenvalue weighted by molar-refractivity contribution is -0.142. The number of carbonyl (C=O) groups excluding carboxylic acids is 3. The Hall–Kier alpha value is -3.93. The molecule has 0 saturated carbocycles. The number of anilines is 1. The molecule has 6 heteroatoms. The minimum absolute atomic E-state index is 0.0225. The lowest BCUT2D eigenvalue weighted by Gasteiger charge is -2.45. The molecule has 158 valence electrons. The molecule has 6 nitrogen and oxygen atoms in total. The first-order valence-electron chi connectivity index (χ1n) is 10.7. The summed E-state index contributed by atoms with van der Waals surface area (Å²) in [7, 11) is 0. The van der Waals surface area contributed by atoms with Crippen LogP contribution in [0.2, 0.25) is 0 Å². The van der Waals surface area contributed by atoms with Gasteiger partial charge in [0.1, 0.15) is 12.3 Å². The Morgan fingerprint density at radius 1 is 0.781 bits per heavy atom. The van der Waals surface area contributed by atoms with Crippen LogP contribution >= 0.6 is 0 Å². The van der Waals surface area contributed by atoms with Gasteiger partial charge in [-0.25, -0.2) is 0 Å². The summed E-state index contributed by atoms with van der Waals surface area (Å²) in [5.74, 6) is -2.39. The topological polar surface area (TPSA) is 86.7 Å². The largest absolute Gasteiger partial charge is 0.508 e. The van der Waals surface area contributed by atoms with Crippen LogP contribution in [0.15, 0.2) is 72.8 Å². The van der Waals surface area contributed by atoms with Crippen LogP contribution in [0.3, 0.4) is 0 Å². The molecule has 3 aromatic rings. The molecule has 4 aliphatic rings. The van der Waals surface area contributed by atoms with Crippen LogP contribution in [0.5, 0.6) is 5.75 Å². The van der Waals surface area contributed by atoms with Crippen molar-refractivity contribution in [1.82, 2.24) is 4.90 Å². The molecular formula is C26H20N2O4. The first-order valence-corrected chi connectivity index (χ1v) is 10.7. The second-order valence-electron chi connectivity index (χ2n) is 8.63. The summed E-state index contributed by atoms with van der Waals surface area (Å²) in [5, 5.41) is 12.3.